The number of nitrogens with zero attached hydrogens (tertiary/aromatic N) is 3. The number of nitrogens with one attached hydrogen (secondary N) is 2. The minimum atomic E-state index is -0.198. The monoisotopic (exact) mass is 391 g/mol. The fourth-order valence-electron chi connectivity index (χ4n) is 3.25. The summed E-state index contributed by atoms with van der Waals surface area (Å²) in [4.78, 5) is 31.3. The fraction of sp³-hybridized carbons (Fsp3) is 0.238. The van der Waals surface area contributed by atoms with Gasteiger partial charge in [0.25, 0.3) is 0 Å². The Labute approximate surface area is 166 Å². The lowest BCUT2D eigenvalue weighted by Crippen LogP contribution is -2.28. The molecule has 0 bridgehead atoms. The van der Waals surface area contributed by atoms with Gasteiger partial charge >= 0.3 is 5.69 Å². The Hall–Kier alpha value is -3.68. The van der Waals surface area contributed by atoms with Gasteiger partial charge in [-0.2, -0.15) is 4.98 Å². The van der Waals surface area contributed by atoms with Crippen LogP contribution in [0.25, 0.3) is 22.4 Å². The minimum Gasteiger partial charge on any atom is -0.356 e. The predicted molar refractivity (Wildman–Crippen MR) is 108 cm³/mol. The van der Waals surface area contributed by atoms with Crippen LogP contribution in [0.4, 0.5) is 0 Å². The molecule has 2 heterocycles. The third-order valence-corrected chi connectivity index (χ3v) is 4.73. The fourth-order valence-corrected chi connectivity index (χ4v) is 3.25. The first-order chi connectivity index (χ1) is 14.1. The lowest BCUT2D eigenvalue weighted by Gasteiger charge is -2.05. The summed E-state index contributed by atoms with van der Waals surface area (Å²) in [6, 6.07) is 15.3. The number of carbonyl (C=O) groups is 1. The molecule has 0 radical (unpaired) electrons. The first kappa shape index (κ1) is 18.7. The van der Waals surface area contributed by atoms with Gasteiger partial charge in [-0.3, -0.25) is 9.36 Å². The van der Waals surface area contributed by atoms with Crippen molar-refractivity contribution in [3.05, 3.63) is 70.5 Å². The Bertz CT molecular complexity index is 1200. The summed E-state index contributed by atoms with van der Waals surface area (Å²) < 4.78 is 6.88. The zero-order valence-electron chi connectivity index (χ0n) is 16.0. The molecule has 0 aliphatic rings. The van der Waals surface area contributed by atoms with Crippen molar-refractivity contribution < 1.29 is 9.32 Å². The van der Waals surface area contributed by atoms with Crippen LogP contribution >= 0.6 is 0 Å². The molecule has 2 aromatic heterocycles. The molecule has 0 aliphatic heterocycles. The molecule has 0 spiro atoms. The number of aryl methyl sites for hydroxylation is 2. The average molecular weight is 391 g/mol. The summed E-state index contributed by atoms with van der Waals surface area (Å²) >= 11 is 0. The Kier molecular flexibility index (Phi) is 5.24. The molecule has 0 atom stereocenters. The summed E-state index contributed by atoms with van der Waals surface area (Å²) in [5, 5.41) is 6.79. The van der Waals surface area contributed by atoms with Crippen LogP contribution in [0.5, 0.6) is 0 Å². The molecule has 4 rings (SSSR count). The molecular weight excluding hydrogens is 370 g/mol. The van der Waals surface area contributed by atoms with Gasteiger partial charge in [0.2, 0.25) is 17.6 Å². The second-order valence-electron chi connectivity index (χ2n) is 6.81. The van der Waals surface area contributed by atoms with Gasteiger partial charge in [0.15, 0.2) is 0 Å². The zero-order valence-corrected chi connectivity index (χ0v) is 16.0. The van der Waals surface area contributed by atoms with Gasteiger partial charge < -0.3 is 14.8 Å². The predicted octanol–water partition coefficient (Wildman–Crippen LogP) is 2.44. The molecule has 0 unspecified atom stereocenters. The largest absolute Gasteiger partial charge is 0.356 e. The minimum absolute atomic E-state index is 0.0198. The maximum absolute atomic E-state index is 12.2. The molecule has 0 fully saturated rings. The van der Waals surface area contributed by atoms with E-state index in [1.54, 1.807) is 4.57 Å². The second kappa shape index (κ2) is 8.14. The Morgan fingerprint density at radius 3 is 2.83 bits per heavy atom. The van der Waals surface area contributed by atoms with E-state index in [9.17, 15) is 9.59 Å². The van der Waals surface area contributed by atoms with Crippen LogP contribution in [0.1, 0.15) is 17.9 Å². The van der Waals surface area contributed by atoms with E-state index in [0.717, 1.165) is 22.2 Å². The highest BCUT2D eigenvalue weighted by molar-refractivity contribution is 5.77. The van der Waals surface area contributed by atoms with Gasteiger partial charge in [0.05, 0.1) is 11.0 Å². The van der Waals surface area contributed by atoms with Crippen LogP contribution in [0.15, 0.2) is 57.8 Å². The van der Waals surface area contributed by atoms with Crippen LogP contribution < -0.4 is 11.0 Å². The molecule has 148 valence electrons. The Balaban J connectivity index is 1.29. The molecule has 2 N–H and O–H groups in total. The highest BCUT2D eigenvalue weighted by atomic mass is 16.5. The van der Waals surface area contributed by atoms with Crippen molar-refractivity contribution in [3.63, 3.8) is 0 Å². The maximum Gasteiger partial charge on any atom is 0.326 e. The number of rotatable bonds is 7. The molecule has 0 saturated heterocycles. The van der Waals surface area contributed by atoms with E-state index in [0.29, 0.717) is 25.3 Å². The van der Waals surface area contributed by atoms with E-state index in [-0.39, 0.29) is 23.9 Å². The van der Waals surface area contributed by atoms with Crippen molar-refractivity contribution in [2.75, 3.05) is 6.54 Å². The van der Waals surface area contributed by atoms with Gasteiger partial charge in [0.1, 0.15) is 6.42 Å². The van der Waals surface area contributed by atoms with Crippen molar-refractivity contribution >= 4 is 16.9 Å². The molecule has 8 nitrogen and oxygen atoms in total. The normalized spacial score (nSPS) is 11.1. The number of H-pyrrole nitrogens is 1. The van der Waals surface area contributed by atoms with Crippen LogP contribution in [0.3, 0.4) is 0 Å². The summed E-state index contributed by atoms with van der Waals surface area (Å²) in [5.74, 6) is 0.550. The number of carbonyl (C=O) groups excluding carboxylic acids is 1. The number of amides is 1. The van der Waals surface area contributed by atoms with Crippen molar-refractivity contribution in [1.82, 2.24) is 25.0 Å². The van der Waals surface area contributed by atoms with Crippen LogP contribution in [0.2, 0.25) is 0 Å². The number of hydrogen-bond donors (Lipinski definition) is 2. The Morgan fingerprint density at radius 2 is 1.97 bits per heavy atom. The first-order valence-electron chi connectivity index (χ1n) is 9.44. The highest BCUT2D eigenvalue weighted by Gasteiger charge is 2.13. The van der Waals surface area contributed by atoms with Gasteiger partial charge in [0, 0.05) is 18.7 Å². The van der Waals surface area contributed by atoms with Gasteiger partial charge in [-0.25, -0.2) is 4.79 Å². The Morgan fingerprint density at radius 1 is 1.17 bits per heavy atom. The molecule has 0 aliphatic carbocycles. The summed E-state index contributed by atoms with van der Waals surface area (Å²) in [7, 11) is 0. The summed E-state index contributed by atoms with van der Waals surface area (Å²) in [6.45, 7) is 2.93. The molecular formula is C21H21N5O3. The van der Waals surface area contributed by atoms with E-state index < -0.39 is 0 Å². The van der Waals surface area contributed by atoms with Crippen LogP contribution in [-0.2, 0) is 17.8 Å². The summed E-state index contributed by atoms with van der Waals surface area (Å²) in [6.07, 6.45) is 0.650. The molecule has 2 aromatic carbocycles. The van der Waals surface area contributed by atoms with Gasteiger partial charge in [-0.1, -0.05) is 41.6 Å². The van der Waals surface area contributed by atoms with Crippen molar-refractivity contribution in [2.45, 2.75) is 26.3 Å². The number of hydrogen-bond acceptors (Lipinski definition) is 5. The molecule has 4 aromatic rings. The lowest BCUT2D eigenvalue weighted by atomic mass is 10.1. The third-order valence-electron chi connectivity index (χ3n) is 4.73. The van der Waals surface area contributed by atoms with Gasteiger partial charge in [-0.05, 0) is 31.0 Å². The molecule has 1 amide bonds. The number of benzene rings is 2. The van der Waals surface area contributed by atoms with E-state index in [2.05, 4.69) is 20.4 Å². The number of aromatic amines is 1. The van der Waals surface area contributed by atoms with Crippen LogP contribution in [0, 0.1) is 6.92 Å². The third kappa shape index (κ3) is 4.11. The number of imidazole rings is 1. The highest BCUT2D eigenvalue weighted by Crippen LogP contribution is 2.19. The SMILES string of the molecule is Cc1ccccc1-c1noc(CC(=O)NCCCn2c(=O)[nH]c3ccccc32)n1. The smallest absolute Gasteiger partial charge is 0.326 e. The quantitative estimate of drug-likeness (QED) is 0.471. The topological polar surface area (TPSA) is 106 Å². The average Bonchev–Trinajstić information content (AvgIpc) is 3.29. The van der Waals surface area contributed by atoms with Gasteiger partial charge in [-0.15, -0.1) is 0 Å². The summed E-state index contributed by atoms with van der Waals surface area (Å²) in [5.41, 5.74) is 3.44. The molecule has 8 heteroatoms. The van der Waals surface area contributed by atoms with Crippen molar-refractivity contribution in [3.8, 4) is 11.4 Å². The van der Waals surface area contributed by atoms with E-state index in [1.165, 1.54) is 0 Å². The number of fused-ring (bicyclic) bond motifs is 1. The standard InChI is InChI=1S/C21H21N5O3/c1-14-7-2-3-8-15(14)20-24-19(29-25-20)13-18(27)22-11-6-12-26-17-10-5-4-9-16(17)23-21(26)28/h2-5,7-10H,6,11-13H2,1H3,(H,22,27)(H,23,28). The lowest BCUT2D eigenvalue weighted by molar-refractivity contribution is -0.120. The van der Waals surface area contributed by atoms with Crippen molar-refractivity contribution in [1.29, 1.82) is 0 Å². The number of para-hydroxylation sites is 2. The van der Waals surface area contributed by atoms with Crippen molar-refractivity contribution in [2.24, 2.45) is 0 Å². The molecule has 29 heavy (non-hydrogen) atoms. The zero-order chi connectivity index (χ0) is 20.2. The van der Waals surface area contributed by atoms with Crippen LogP contribution in [-0.4, -0.2) is 32.1 Å². The maximum atomic E-state index is 12.2. The van der Waals surface area contributed by atoms with E-state index >= 15 is 0 Å². The van der Waals surface area contributed by atoms with E-state index in [1.807, 2.05) is 55.5 Å². The first-order valence-corrected chi connectivity index (χ1v) is 9.44. The van der Waals surface area contributed by atoms with E-state index in [4.69, 9.17) is 4.52 Å². The second-order valence-corrected chi connectivity index (χ2v) is 6.81. The molecule has 0 saturated carbocycles. The number of aromatic nitrogens is 4.